The second-order valence-corrected chi connectivity index (χ2v) is 8.82. The zero-order valence-corrected chi connectivity index (χ0v) is 17.2. The van der Waals surface area contributed by atoms with Crippen molar-refractivity contribution in [2.24, 2.45) is 4.99 Å². The maximum absolute atomic E-state index is 13.5. The highest BCUT2D eigenvalue weighted by molar-refractivity contribution is 7.92. The SMILES string of the molecule is CN=C(NCCc1csc(C)n1)NCCS(=O)(=O)Nc1ccc(C)c(F)c1. The van der Waals surface area contributed by atoms with Crippen LogP contribution in [0.4, 0.5) is 10.1 Å². The van der Waals surface area contributed by atoms with Crippen LogP contribution in [0, 0.1) is 19.7 Å². The molecule has 27 heavy (non-hydrogen) atoms. The van der Waals surface area contributed by atoms with Gasteiger partial charge in [-0.15, -0.1) is 11.3 Å². The van der Waals surface area contributed by atoms with E-state index in [2.05, 4.69) is 25.3 Å². The van der Waals surface area contributed by atoms with E-state index in [1.807, 2.05) is 12.3 Å². The minimum absolute atomic E-state index is 0.166. The van der Waals surface area contributed by atoms with E-state index >= 15 is 0 Å². The summed E-state index contributed by atoms with van der Waals surface area (Å²) < 4.78 is 40.1. The number of guanidine groups is 1. The Labute approximate surface area is 163 Å². The minimum atomic E-state index is -3.60. The van der Waals surface area contributed by atoms with Gasteiger partial charge in [0, 0.05) is 31.9 Å². The van der Waals surface area contributed by atoms with Crippen molar-refractivity contribution >= 4 is 33.0 Å². The van der Waals surface area contributed by atoms with Gasteiger partial charge >= 0.3 is 0 Å². The average Bonchev–Trinajstić information content (AvgIpc) is 3.01. The molecule has 1 aromatic heterocycles. The van der Waals surface area contributed by atoms with E-state index in [1.54, 1.807) is 25.3 Å². The van der Waals surface area contributed by atoms with Crippen LogP contribution in [0.1, 0.15) is 16.3 Å². The lowest BCUT2D eigenvalue weighted by molar-refractivity contribution is 0.599. The summed E-state index contributed by atoms with van der Waals surface area (Å²) in [5.74, 6) is -0.110. The molecule has 2 rings (SSSR count). The Morgan fingerprint density at radius 2 is 2.00 bits per heavy atom. The van der Waals surface area contributed by atoms with E-state index in [1.165, 1.54) is 18.2 Å². The molecule has 0 saturated heterocycles. The second kappa shape index (κ2) is 9.65. The quantitative estimate of drug-likeness (QED) is 0.455. The summed E-state index contributed by atoms with van der Waals surface area (Å²) in [6.45, 7) is 4.38. The van der Waals surface area contributed by atoms with Crippen molar-refractivity contribution in [3.05, 3.63) is 45.7 Å². The number of anilines is 1. The maximum Gasteiger partial charge on any atom is 0.234 e. The molecular formula is C17H24FN5O2S2. The molecule has 0 unspecified atom stereocenters. The van der Waals surface area contributed by atoms with Crippen LogP contribution >= 0.6 is 11.3 Å². The Balaban J connectivity index is 1.75. The number of hydrogen-bond donors (Lipinski definition) is 3. The van der Waals surface area contributed by atoms with Crippen molar-refractivity contribution in [1.29, 1.82) is 0 Å². The van der Waals surface area contributed by atoms with Crippen LogP contribution in [0.25, 0.3) is 0 Å². The third-order valence-electron chi connectivity index (χ3n) is 3.67. The minimum Gasteiger partial charge on any atom is -0.356 e. The van der Waals surface area contributed by atoms with Gasteiger partial charge in [-0.3, -0.25) is 9.71 Å². The molecule has 0 spiro atoms. The summed E-state index contributed by atoms with van der Waals surface area (Å²) >= 11 is 1.61. The molecule has 0 atom stereocenters. The molecule has 3 N–H and O–H groups in total. The molecule has 0 aliphatic carbocycles. The zero-order chi connectivity index (χ0) is 19.9. The monoisotopic (exact) mass is 413 g/mol. The van der Waals surface area contributed by atoms with Gasteiger partial charge in [-0.1, -0.05) is 6.07 Å². The van der Waals surface area contributed by atoms with E-state index < -0.39 is 15.8 Å². The summed E-state index contributed by atoms with van der Waals surface area (Å²) in [4.78, 5) is 8.44. The first-order chi connectivity index (χ1) is 12.8. The molecule has 10 heteroatoms. The van der Waals surface area contributed by atoms with E-state index in [0.717, 1.165) is 17.1 Å². The van der Waals surface area contributed by atoms with Gasteiger partial charge in [0.1, 0.15) is 5.82 Å². The molecule has 7 nitrogen and oxygen atoms in total. The van der Waals surface area contributed by atoms with Gasteiger partial charge in [-0.2, -0.15) is 0 Å². The first-order valence-electron chi connectivity index (χ1n) is 8.41. The van der Waals surface area contributed by atoms with E-state index in [9.17, 15) is 12.8 Å². The lowest BCUT2D eigenvalue weighted by Gasteiger charge is -2.12. The number of nitrogens with zero attached hydrogens (tertiary/aromatic N) is 2. The molecular weight excluding hydrogens is 389 g/mol. The summed E-state index contributed by atoms with van der Waals surface area (Å²) in [5.41, 5.74) is 1.68. The molecule has 0 saturated carbocycles. The lowest BCUT2D eigenvalue weighted by Crippen LogP contribution is -2.40. The summed E-state index contributed by atoms with van der Waals surface area (Å²) in [6, 6.07) is 4.23. The van der Waals surface area contributed by atoms with E-state index in [-0.39, 0.29) is 18.0 Å². The molecule has 0 aliphatic rings. The Bertz CT molecular complexity index is 896. The number of rotatable bonds is 8. The molecule has 0 radical (unpaired) electrons. The fourth-order valence-corrected chi connectivity index (χ4v) is 3.85. The van der Waals surface area contributed by atoms with Gasteiger partial charge in [0.05, 0.1) is 22.1 Å². The number of nitrogens with one attached hydrogen (secondary N) is 3. The molecule has 148 valence electrons. The van der Waals surface area contributed by atoms with Crippen molar-refractivity contribution in [3.8, 4) is 0 Å². The summed E-state index contributed by atoms with van der Waals surface area (Å²) in [6.07, 6.45) is 0.754. The molecule has 0 bridgehead atoms. The lowest BCUT2D eigenvalue weighted by atomic mass is 10.2. The topological polar surface area (TPSA) is 95.5 Å². The van der Waals surface area contributed by atoms with Crippen LogP contribution in [-0.2, 0) is 16.4 Å². The Hall–Kier alpha value is -2.20. The van der Waals surface area contributed by atoms with Gasteiger partial charge < -0.3 is 10.6 Å². The Kier molecular flexibility index (Phi) is 7.55. The van der Waals surface area contributed by atoms with Gasteiger partial charge in [0.25, 0.3) is 0 Å². The predicted octanol–water partition coefficient (Wildman–Crippen LogP) is 2.05. The molecule has 1 aromatic carbocycles. The first-order valence-corrected chi connectivity index (χ1v) is 10.9. The van der Waals surface area contributed by atoms with Crippen molar-refractivity contribution in [1.82, 2.24) is 15.6 Å². The Morgan fingerprint density at radius 1 is 1.26 bits per heavy atom. The second-order valence-electron chi connectivity index (χ2n) is 5.92. The van der Waals surface area contributed by atoms with Gasteiger partial charge in [0.2, 0.25) is 10.0 Å². The fraction of sp³-hybridized carbons (Fsp3) is 0.412. The highest BCUT2D eigenvalue weighted by Gasteiger charge is 2.12. The standard InChI is InChI=1S/C17H24FN5O2S2/c1-12-4-5-14(10-16(12)18)23-27(24,25)9-8-21-17(19-3)20-7-6-15-11-26-13(2)22-15/h4-5,10-11,23H,6-9H2,1-3H3,(H2,19,20,21). The van der Waals surface area contributed by atoms with Crippen LogP contribution in [0.5, 0.6) is 0 Å². The highest BCUT2D eigenvalue weighted by Crippen LogP contribution is 2.14. The number of sulfonamides is 1. The van der Waals surface area contributed by atoms with Crippen LogP contribution in [-0.4, -0.2) is 45.3 Å². The van der Waals surface area contributed by atoms with Crippen LogP contribution in [0.3, 0.4) is 0 Å². The van der Waals surface area contributed by atoms with Crippen molar-refractivity contribution in [2.45, 2.75) is 20.3 Å². The number of aryl methyl sites for hydroxylation is 2. The number of halogens is 1. The van der Waals surface area contributed by atoms with Crippen LogP contribution < -0.4 is 15.4 Å². The molecule has 0 fully saturated rings. The van der Waals surface area contributed by atoms with E-state index in [4.69, 9.17) is 0 Å². The fourth-order valence-electron chi connectivity index (χ4n) is 2.24. The number of aromatic nitrogens is 1. The third kappa shape index (κ3) is 7.14. The van der Waals surface area contributed by atoms with Crippen LogP contribution in [0.2, 0.25) is 0 Å². The summed E-state index contributed by atoms with van der Waals surface area (Å²) in [7, 11) is -1.98. The Morgan fingerprint density at radius 3 is 2.63 bits per heavy atom. The van der Waals surface area contributed by atoms with Crippen LogP contribution in [0.15, 0.2) is 28.6 Å². The number of benzene rings is 1. The van der Waals surface area contributed by atoms with Crippen molar-refractivity contribution < 1.29 is 12.8 Å². The number of aliphatic imine (C=N–C) groups is 1. The van der Waals surface area contributed by atoms with Gasteiger partial charge in [-0.05, 0) is 31.5 Å². The highest BCUT2D eigenvalue weighted by atomic mass is 32.2. The average molecular weight is 414 g/mol. The predicted molar refractivity (Wildman–Crippen MR) is 108 cm³/mol. The molecule has 1 heterocycles. The smallest absolute Gasteiger partial charge is 0.234 e. The first kappa shape index (κ1) is 21.1. The third-order valence-corrected chi connectivity index (χ3v) is 5.78. The zero-order valence-electron chi connectivity index (χ0n) is 15.5. The van der Waals surface area contributed by atoms with E-state index in [0.29, 0.717) is 18.1 Å². The normalized spacial score (nSPS) is 12.1. The maximum atomic E-state index is 13.5. The largest absolute Gasteiger partial charge is 0.356 e. The molecule has 0 aliphatic heterocycles. The molecule has 0 amide bonds. The van der Waals surface area contributed by atoms with Gasteiger partial charge in [0.15, 0.2) is 5.96 Å². The van der Waals surface area contributed by atoms with Crippen molar-refractivity contribution in [3.63, 3.8) is 0 Å². The molecule has 2 aromatic rings. The van der Waals surface area contributed by atoms with Crippen molar-refractivity contribution in [2.75, 3.05) is 30.6 Å². The van der Waals surface area contributed by atoms with Gasteiger partial charge in [-0.25, -0.2) is 17.8 Å². The summed E-state index contributed by atoms with van der Waals surface area (Å²) in [5, 5.41) is 9.11. The number of thiazole rings is 1. The number of hydrogen-bond acceptors (Lipinski definition) is 5.